The van der Waals surface area contributed by atoms with Gasteiger partial charge in [0.1, 0.15) is 0 Å². The van der Waals surface area contributed by atoms with Crippen molar-refractivity contribution >= 4 is 44.0 Å². The van der Waals surface area contributed by atoms with Crippen LogP contribution in [-0.4, -0.2) is 4.98 Å². The SMILES string of the molecule is N#Cc1cccc(Nc2nc3cc(Cl)ccc3s2)c1. The van der Waals surface area contributed by atoms with E-state index in [4.69, 9.17) is 16.9 Å². The molecule has 0 fully saturated rings. The third-order valence-corrected chi connectivity index (χ3v) is 3.78. The Kier molecular flexibility index (Phi) is 3.08. The van der Waals surface area contributed by atoms with Crippen molar-refractivity contribution in [2.75, 3.05) is 5.32 Å². The zero-order valence-electron chi connectivity index (χ0n) is 9.72. The minimum Gasteiger partial charge on any atom is -0.331 e. The van der Waals surface area contributed by atoms with E-state index in [0.717, 1.165) is 21.0 Å². The molecule has 0 aliphatic heterocycles. The smallest absolute Gasteiger partial charge is 0.188 e. The Morgan fingerprint density at radius 1 is 1.21 bits per heavy atom. The largest absolute Gasteiger partial charge is 0.331 e. The molecular weight excluding hydrogens is 278 g/mol. The Balaban J connectivity index is 1.94. The number of halogens is 1. The summed E-state index contributed by atoms with van der Waals surface area (Å²) < 4.78 is 1.07. The monoisotopic (exact) mass is 285 g/mol. The van der Waals surface area contributed by atoms with Crippen molar-refractivity contribution in [1.29, 1.82) is 5.26 Å². The predicted octanol–water partition coefficient (Wildman–Crippen LogP) is 4.56. The molecule has 1 N–H and O–H groups in total. The van der Waals surface area contributed by atoms with Crippen LogP contribution in [0.3, 0.4) is 0 Å². The number of nitrogens with one attached hydrogen (secondary N) is 1. The molecular formula is C14H8ClN3S. The number of fused-ring (bicyclic) bond motifs is 1. The standard InChI is InChI=1S/C14H8ClN3S/c15-10-4-5-13-12(7-10)18-14(19-13)17-11-3-1-2-9(6-11)8-16/h1-7H,(H,17,18). The predicted molar refractivity (Wildman–Crippen MR) is 79.1 cm³/mol. The summed E-state index contributed by atoms with van der Waals surface area (Å²) in [6.07, 6.45) is 0. The van der Waals surface area contributed by atoms with Crippen LogP contribution < -0.4 is 5.32 Å². The van der Waals surface area contributed by atoms with E-state index in [0.29, 0.717) is 10.6 Å². The Morgan fingerprint density at radius 3 is 2.95 bits per heavy atom. The van der Waals surface area contributed by atoms with E-state index in [2.05, 4.69) is 16.4 Å². The maximum absolute atomic E-state index is 8.87. The van der Waals surface area contributed by atoms with Gasteiger partial charge in [-0.3, -0.25) is 0 Å². The molecule has 3 aromatic rings. The zero-order chi connectivity index (χ0) is 13.2. The molecule has 3 rings (SSSR count). The van der Waals surface area contributed by atoms with Crippen molar-refractivity contribution in [3.8, 4) is 6.07 Å². The van der Waals surface area contributed by atoms with E-state index in [-0.39, 0.29) is 0 Å². The Morgan fingerprint density at radius 2 is 2.11 bits per heavy atom. The lowest BCUT2D eigenvalue weighted by Gasteiger charge is -2.01. The molecule has 0 saturated heterocycles. The molecule has 0 saturated carbocycles. The average molecular weight is 286 g/mol. The van der Waals surface area contributed by atoms with Gasteiger partial charge in [0, 0.05) is 10.7 Å². The molecule has 0 unspecified atom stereocenters. The van der Waals surface area contributed by atoms with Crippen molar-refractivity contribution < 1.29 is 0 Å². The molecule has 2 aromatic carbocycles. The van der Waals surface area contributed by atoms with Crippen molar-refractivity contribution in [1.82, 2.24) is 4.98 Å². The topological polar surface area (TPSA) is 48.7 Å². The van der Waals surface area contributed by atoms with Gasteiger partial charge in [0.05, 0.1) is 21.8 Å². The Hall–Kier alpha value is -2.09. The highest BCUT2D eigenvalue weighted by Gasteiger charge is 2.05. The highest BCUT2D eigenvalue weighted by atomic mass is 35.5. The number of nitrogens with zero attached hydrogens (tertiary/aromatic N) is 2. The van der Waals surface area contributed by atoms with Gasteiger partial charge in [0.25, 0.3) is 0 Å². The third kappa shape index (κ3) is 2.53. The maximum Gasteiger partial charge on any atom is 0.188 e. The van der Waals surface area contributed by atoms with Crippen molar-refractivity contribution in [2.45, 2.75) is 0 Å². The molecule has 1 aromatic heterocycles. The molecule has 0 bridgehead atoms. The molecule has 1 heterocycles. The van der Waals surface area contributed by atoms with E-state index in [1.165, 1.54) is 0 Å². The van der Waals surface area contributed by atoms with Crippen LogP contribution in [-0.2, 0) is 0 Å². The summed E-state index contributed by atoms with van der Waals surface area (Å²) in [5, 5.41) is 13.5. The molecule has 0 amide bonds. The highest BCUT2D eigenvalue weighted by molar-refractivity contribution is 7.22. The summed E-state index contributed by atoms with van der Waals surface area (Å²) in [4.78, 5) is 4.46. The second-order valence-electron chi connectivity index (χ2n) is 3.95. The van der Waals surface area contributed by atoms with Crippen LogP contribution in [0.2, 0.25) is 5.02 Å². The number of rotatable bonds is 2. The second-order valence-corrected chi connectivity index (χ2v) is 5.42. The van der Waals surface area contributed by atoms with Gasteiger partial charge in [-0.05, 0) is 36.4 Å². The Labute approximate surface area is 119 Å². The molecule has 19 heavy (non-hydrogen) atoms. The van der Waals surface area contributed by atoms with E-state index in [9.17, 15) is 0 Å². The number of hydrogen-bond donors (Lipinski definition) is 1. The van der Waals surface area contributed by atoms with Crippen molar-refractivity contribution in [3.05, 3.63) is 53.1 Å². The highest BCUT2D eigenvalue weighted by Crippen LogP contribution is 2.30. The van der Waals surface area contributed by atoms with Crippen LogP contribution in [0.1, 0.15) is 5.56 Å². The maximum atomic E-state index is 8.87. The Bertz CT molecular complexity index is 789. The minimum atomic E-state index is 0.620. The normalized spacial score (nSPS) is 10.3. The van der Waals surface area contributed by atoms with E-state index >= 15 is 0 Å². The fraction of sp³-hybridized carbons (Fsp3) is 0. The summed E-state index contributed by atoms with van der Waals surface area (Å²) in [6, 6.07) is 15.0. The fourth-order valence-electron chi connectivity index (χ4n) is 1.74. The first-order valence-corrected chi connectivity index (χ1v) is 6.77. The van der Waals surface area contributed by atoms with Crippen LogP contribution in [0.25, 0.3) is 10.2 Å². The number of nitriles is 1. The first-order valence-electron chi connectivity index (χ1n) is 5.58. The van der Waals surface area contributed by atoms with Crippen LogP contribution in [0.4, 0.5) is 10.8 Å². The fourth-order valence-corrected chi connectivity index (χ4v) is 2.78. The van der Waals surface area contributed by atoms with Gasteiger partial charge in [-0.1, -0.05) is 29.0 Å². The molecule has 0 spiro atoms. The molecule has 0 radical (unpaired) electrons. The molecule has 0 aliphatic carbocycles. The lowest BCUT2D eigenvalue weighted by atomic mass is 10.2. The minimum absolute atomic E-state index is 0.620. The van der Waals surface area contributed by atoms with Gasteiger partial charge in [-0.25, -0.2) is 4.98 Å². The lowest BCUT2D eigenvalue weighted by molar-refractivity contribution is 1.43. The summed E-state index contributed by atoms with van der Waals surface area (Å²) in [5.41, 5.74) is 2.34. The van der Waals surface area contributed by atoms with Gasteiger partial charge >= 0.3 is 0 Å². The first kappa shape index (κ1) is 12.0. The van der Waals surface area contributed by atoms with Crippen LogP contribution in [0.5, 0.6) is 0 Å². The van der Waals surface area contributed by atoms with Gasteiger partial charge in [-0.2, -0.15) is 5.26 Å². The number of anilines is 2. The number of thiazole rings is 1. The molecule has 0 atom stereocenters. The van der Waals surface area contributed by atoms with Crippen LogP contribution >= 0.6 is 22.9 Å². The van der Waals surface area contributed by atoms with Gasteiger partial charge in [0.15, 0.2) is 5.13 Å². The molecule has 3 nitrogen and oxygen atoms in total. The van der Waals surface area contributed by atoms with E-state index in [1.54, 1.807) is 23.5 Å². The number of hydrogen-bond acceptors (Lipinski definition) is 4. The average Bonchev–Trinajstić information content (AvgIpc) is 2.80. The summed E-state index contributed by atoms with van der Waals surface area (Å²) in [6.45, 7) is 0. The van der Waals surface area contributed by atoms with Gasteiger partial charge < -0.3 is 5.32 Å². The van der Waals surface area contributed by atoms with Crippen molar-refractivity contribution in [3.63, 3.8) is 0 Å². The van der Waals surface area contributed by atoms with Crippen LogP contribution in [0.15, 0.2) is 42.5 Å². The molecule has 0 aliphatic rings. The summed E-state index contributed by atoms with van der Waals surface area (Å²) in [7, 11) is 0. The summed E-state index contributed by atoms with van der Waals surface area (Å²) >= 11 is 7.49. The third-order valence-electron chi connectivity index (χ3n) is 2.59. The van der Waals surface area contributed by atoms with Crippen molar-refractivity contribution in [2.24, 2.45) is 0 Å². The molecule has 5 heteroatoms. The molecule has 92 valence electrons. The number of benzene rings is 2. The number of aromatic nitrogens is 1. The second kappa shape index (κ2) is 4.88. The quantitative estimate of drug-likeness (QED) is 0.750. The van der Waals surface area contributed by atoms with Crippen LogP contribution in [0, 0.1) is 11.3 Å². The zero-order valence-corrected chi connectivity index (χ0v) is 11.3. The first-order chi connectivity index (χ1) is 9.24. The van der Waals surface area contributed by atoms with Gasteiger partial charge in [-0.15, -0.1) is 0 Å². The van der Waals surface area contributed by atoms with E-state index < -0.39 is 0 Å². The lowest BCUT2D eigenvalue weighted by Crippen LogP contribution is -1.89. The van der Waals surface area contributed by atoms with E-state index in [1.807, 2.05) is 30.3 Å². The van der Waals surface area contributed by atoms with Gasteiger partial charge in [0.2, 0.25) is 0 Å². The summed E-state index contributed by atoms with van der Waals surface area (Å²) in [5.74, 6) is 0.